The number of aryl methyl sites for hydroxylation is 1. The van der Waals surface area contributed by atoms with Gasteiger partial charge in [0.25, 0.3) is 15.9 Å². The van der Waals surface area contributed by atoms with Gasteiger partial charge in [-0.3, -0.25) is 9.10 Å². The highest BCUT2D eigenvalue weighted by Gasteiger charge is 2.26. The van der Waals surface area contributed by atoms with Crippen LogP contribution in [0.1, 0.15) is 27.6 Å². The van der Waals surface area contributed by atoms with Gasteiger partial charge in [-0.2, -0.15) is 4.98 Å². The molecule has 0 atom stereocenters. The molecule has 1 heterocycles. The van der Waals surface area contributed by atoms with Crippen molar-refractivity contribution in [3.63, 3.8) is 0 Å². The Morgan fingerprint density at radius 2 is 1.68 bits per heavy atom. The molecule has 3 aromatic carbocycles. The Morgan fingerprint density at radius 1 is 0.971 bits per heavy atom. The molecule has 0 unspecified atom stereocenters. The minimum absolute atomic E-state index is 0.0347. The minimum atomic E-state index is -3.95. The van der Waals surface area contributed by atoms with Gasteiger partial charge in [-0.25, -0.2) is 8.42 Å². The first kappa shape index (κ1) is 23.2. The van der Waals surface area contributed by atoms with Crippen molar-refractivity contribution in [2.75, 3.05) is 10.8 Å². The van der Waals surface area contributed by atoms with Crippen LogP contribution in [0.4, 0.5) is 5.69 Å². The molecule has 1 aromatic heterocycles. The maximum absolute atomic E-state index is 13.7. The lowest BCUT2D eigenvalue weighted by molar-refractivity contribution is 0.0953. The van der Waals surface area contributed by atoms with Crippen molar-refractivity contribution >= 4 is 21.6 Å². The zero-order chi connectivity index (χ0) is 24.0. The summed E-state index contributed by atoms with van der Waals surface area (Å²) >= 11 is 0. The number of carbonyl (C=O) groups is 1. The summed E-state index contributed by atoms with van der Waals surface area (Å²) in [5, 5.41) is 6.47. The first-order chi connectivity index (χ1) is 16.4. The number of carbonyl (C=O) groups excluding carboxylic acids is 1. The van der Waals surface area contributed by atoms with Gasteiger partial charge in [0.2, 0.25) is 5.89 Å². The number of anilines is 1. The van der Waals surface area contributed by atoms with E-state index in [1.807, 2.05) is 36.4 Å². The quantitative estimate of drug-likeness (QED) is 0.394. The van der Waals surface area contributed by atoms with Crippen molar-refractivity contribution < 1.29 is 17.7 Å². The Morgan fingerprint density at radius 3 is 2.35 bits per heavy atom. The predicted octanol–water partition coefficient (Wildman–Crippen LogP) is 3.75. The average Bonchev–Trinajstić information content (AvgIpc) is 3.28. The summed E-state index contributed by atoms with van der Waals surface area (Å²) in [6.45, 7) is 2.16. The van der Waals surface area contributed by atoms with E-state index in [0.717, 1.165) is 5.56 Å². The number of amides is 1. The standard InChI is InChI=1S/C25H24N4O4S/c1-19-27-24(33-28-19)15-16-26-25(30)21-11-8-14-23(17-21)34(31,32)29(22-12-6-3-7-13-22)18-20-9-4-2-5-10-20/h2-14,17H,15-16,18H2,1H3,(H,26,30). The molecular formula is C25H24N4O4S. The first-order valence-electron chi connectivity index (χ1n) is 10.7. The van der Waals surface area contributed by atoms with Gasteiger partial charge in [-0.1, -0.05) is 59.8 Å². The second kappa shape index (κ2) is 10.3. The molecular weight excluding hydrogens is 452 g/mol. The van der Waals surface area contributed by atoms with Crippen LogP contribution in [0.3, 0.4) is 0 Å². The number of aromatic nitrogens is 2. The molecule has 174 valence electrons. The molecule has 0 bridgehead atoms. The van der Waals surface area contributed by atoms with Gasteiger partial charge < -0.3 is 9.84 Å². The molecule has 0 saturated heterocycles. The number of nitrogens with one attached hydrogen (secondary N) is 1. The van der Waals surface area contributed by atoms with Gasteiger partial charge in [0, 0.05) is 18.5 Å². The van der Waals surface area contributed by atoms with Crippen LogP contribution in [0.2, 0.25) is 0 Å². The fraction of sp³-hybridized carbons (Fsp3) is 0.160. The van der Waals surface area contributed by atoms with E-state index in [1.165, 1.54) is 16.4 Å². The lowest BCUT2D eigenvalue weighted by Gasteiger charge is -2.25. The first-order valence-corrected chi connectivity index (χ1v) is 12.2. The molecule has 9 heteroatoms. The fourth-order valence-electron chi connectivity index (χ4n) is 3.41. The Labute approximate surface area is 198 Å². The third-order valence-electron chi connectivity index (χ3n) is 5.09. The van der Waals surface area contributed by atoms with Gasteiger partial charge in [0.15, 0.2) is 5.82 Å². The molecule has 1 N–H and O–H groups in total. The van der Waals surface area contributed by atoms with E-state index >= 15 is 0 Å². The highest BCUT2D eigenvalue weighted by atomic mass is 32.2. The maximum atomic E-state index is 13.7. The Bertz CT molecular complexity index is 1360. The van der Waals surface area contributed by atoms with Crippen LogP contribution >= 0.6 is 0 Å². The van der Waals surface area contributed by atoms with Crippen LogP contribution in [-0.2, 0) is 23.0 Å². The Kier molecular flexibility index (Phi) is 7.03. The summed E-state index contributed by atoms with van der Waals surface area (Å²) < 4.78 is 33.7. The predicted molar refractivity (Wildman–Crippen MR) is 128 cm³/mol. The molecule has 0 aliphatic carbocycles. The largest absolute Gasteiger partial charge is 0.352 e. The number of nitrogens with zero attached hydrogens (tertiary/aromatic N) is 3. The van der Waals surface area contributed by atoms with Crippen LogP contribution in [0.15, 0.2) is 94.3 Å². The third-order valence-corrected chi connectivity index (χ3v) is 6.86. The van der Waals surface area contributed by atoms with Crippen LogP contribution in [0.5, 0.6) is 0 Å². The molecule has 0 aliphatic heterocycles. The van der Waals surface area contributed by atoms with Crippen molar-refractivity contribution in [2.45, 2.75) is 24.8 Å². The van der Waals surface area contributed by atoms with Crippen molar-refractivity contribution in [2.24, 2.45) is 0 Å². The minimum Gasteiger partial charge on any atom is -0.352 e. The van der Waals surface area contributed by atoms with Crippen LogP contribution in [0.25, 0.3) is 0 Å². The molecule has 0 spiro atoms. The lowest BCUT2D eigenvalue weighted by atomic mass is 10.2. The Hall–Kier alpha value is -3.98. The summed E-state index contributed by atoms with van der Waals surface area (Å²) in [5.41, 5.74) is 1.63. The third kappa shape index (κ3) is 5.49. The topological polar surface area (TPSA) is 105 Å². The molecule has 4 rings (SSSR count). The second-order valence-corrected chi connectivity index (χ2v) is 9.46. The molecule has 0 aliphatic rings. The summed E-state index contributed by atoms with van der Waals surface area (Å²) in [4.78, 5) is 16.8. The number of hydrogen-bond donors (Lipinski definition) is 1. The van der Waals surface area contributed by atoms with E-state index in [1.54, 1.807) is 43.3 Å². The van der Waals surface area contributed by atoms with E-state index < -0.39 is 10.0 Å². The van der Waals surface area contributed by atoms with Gasteiger partial charge in [-0.15, -0.1) is 0 Å². The average molecular weight is 477 g/mol. The van der Waals surface area contributed by atoms with E-state index in [0.29, 0.717) is 23.8 Å². The summed E-state index contributed by atoms with van der Waals surface area (Å²) in [5.74, 6) is 0.564. The van der Waals surface area contributed by atoms with Crippen molar-refractivity contribution in [1.82, 2.24) is 15.5 Å². The second-order valence-electron chi connectivity index (χ2n) is 7.60. The Balaban J connectivity index is 1.56. The zero-order valence-corrected chi connectivity index (χ0v) is 19.4. The highest BCUT2D eigenvalue weighted by Crippen LogP contribution is 2.26. The number of sulfonamides is 1. The van der Waals surface area contributed by atoms with E-state index in [9.17, 15) is 13.2 Å². The number of para-hydroxylation sites is 1. The monoisotopic (exact) mass is 476 g/mol. The molecule has 1 amide bonds. The lowest BCUT2D eigenvalue weighted by Crippen LogP contribution is -2.31. The van der Waals surface area contributed by atoms with Crippen LogP contribution in [0, 0.1) is 6.92 Å². The summed E-state index contributed by atoms with van der Waals surface area (Å²) in [6.07, 6.45) is 0.378. The number of benzene rings is 3. The fourth-order valence-corrected chi connectivity index (χ4v) is 4.91. The molecule has 0 fully saturated rings. The molecule has 4 aromatic rings. The van der Waals surface area contributed by atoms with Crippen LogP contribution < -0.4 is 9.62 Å². The van der Waals surface area contributed by atoms with Crippen LogP contribution in [-0.4, -0.2) is 31.0 Å². The van der Waals surface area contributed by atoms with Gasteiger partial charge >= 0.3 is 0 Å². The molecule has 0 saturated carbocycles. The van der Waals surface area contributed by atoms with Crippen molar-refractivity contribution in [3.8, 4) is 0 Å². The zero-order valence-electron chi connectivity index (χ0n) is 18.6. The number of rotatable bonds is 9. The van der Waals surface area contributed by atoms with Gasteiger partial charge in [0.1, 0.15) is 0 Å². The number of hydrogen-bond acceptors (Lipinski definition) is 6. The van der Waals surface area contributed by atoms with Gasteiger partial charge in [0.05, 0.1) is 17.1 Å². The van der Waals surface area contributed by atoms with Gasteiger partial charge in [-0.05, 0) is 42.8 Å². The normalized spacial score (nSPS) is 11.2. The summed E-state index contributed by atoms with van der Waals surface area (Å²) in [6, 6.07) is 24.3. The molecule has 34 heavy (non-hydrogen) atoms. The molecule has 0 radical (unpaired) electrons. The summed E-state index contributed by atoms with van der Waals surface area (Å²) in [7, 11) is -3.95. The highest BCUT2D eigenvalue weighted by molar-refractivity contribution is 7.92. The maximum Gasteiger partial charge on any atom is 0.264 e. The van der Waals surface area contributed by atoms with E-state index in [2.05, 4.69) is 15.5 Å². The molecule has 8 nitrogen and oxygen atoms in total. The SMILES string of the molecule is Cc1noc(CCNC(=O)c2cccc(S(=O)(=O)N(Cc3ccccc3)c3ccccc3)c2)n1. The smallest absolute Gasteiger partial charge is 0.264 e. The van der Waals surface area contributed by atoms with E-state index in [4.69, 9.17) is 4.52 Å². The van der Waals surface area contributed by atoms with Crippen molar-refractivity contribution in [3.05, 3.63) is 108 Å². The van der Waals surface area contributed by atoms with Crippen molar-refractivity contribution in [1.29, 1.82) is 0 Å². The van der Waals surface area contributed by atoms with E-state index in [-0.39, 0.29) is 29.5 Å².